The molecule has 0 spiro atoms. The number of carbonyl (C=O) groups is 1. The third kappa shape index (κ3) is 3.72. The van der Waals surface area contributed by atoms with E-state index in [9.17, 15) is 18.3 Å². The van der Waals surface area contributed by atoms with Crippen LogP contribution in [0.3, 0.4) is 0 Å². The number of sulfone groups is 1. The van der Waals surface area contributed by atoms with Gasteiger partial charge < -0.3 is 14.9 Å². The molecule has 0 unspecified atom stereocenters. The van der Waals surface area contributed by atoms with Crippen molar-refractivity contribution in [3.8, 4) is 0 Å². The Morgan fingerprint density at radius 1 is 1.09 bits per heavy atom. The number of likely N-dealkylation sites (tertiary alicyclic amines) is 1. The summed E-state index contributed by atoms with van der Waals surface area (Å²) in [7, 11) is -1.59. The van der Waals surface area contributed by atoms with Crippen molar-refractivity contribution < 1.29 is 18.3 Å². The molecule has 0 aromatic carbocycles. The summed E-state index contributed by atoms with van der Waals surface area (Å²) in [5.41, 5.74) is 0. The highest BCUT2D eigenvalue weighted by molar-refractivity contribution is 7.91. The zero-order valence-corrected chi connectivity index (χ0v) is 14.7. The van der Waals surface area contributed by atoms with Gasteiger partial charge in [-0.3, -0.25) is 4.79 Å². The molecule has 7 heteroatoms. The van der Waals surface area contributed by atoms with Crippen LogP contribution in [0.15, 0.2) is 0 Å². The second kappa shape index (κ2) is 6.69. The fourth-order valence-electron chi connectivity index (χ4n) is 4.41. The predicted molar refractivity (Wildman–Crippen MR) is 87.8 cm³/mol. The van der Waals surface area contributed by atoms with E-state index in [4.69, 9.17) is 0 Å². The summed E-state index contributed by atoms with van der Waals surface area (Å²) in [6.07, 6.45) is 5.94. The molecule has 1 amide bonds. The minimum atomic E-state index is -3.23. The highest BCUT2D eigenvalue weighted by atomic mass is 32.2. The van der Waals surface area contributed by atoms with Crippen molar-refractivity contribution in [2.45, 2.75) is 56.7 Å². The van der Waals surface area contributed by atoms with Crippen molar-refractivity contribution in [1.82, 2.24) is 9.80 Å². The summed E-state index contributed by atoms with van der Waals surface area (Å²) in [5.74, 6) is -0.377. The van der Waals surface area contributed by atoms with Crippen LogP contribution in [0.2, 0.25) is 0 Å². The molecule has 0 radical (unpaired) electrons. The fourth-order valence-corrected chi connectivity index (χ4v) is 6.26. The van der Waals surface area contributed by atoms with E-state index in [0.29, 0.717) is 6.04 Å². The lowest BCUT2D eigenvalue weighted by Crippen LogP contribution is -2.49. The Hall–Kier alpha value is -0.660. The number of aliphatic hydroxyl groups is 1. The number of rotatable bonds is 3. The van der Waals surface area contributed by atoms with Gasteiger partial charge in [0.2, 0.25) is 5.91 Å². The lowest BCUT2D eigenvalue weighted by Gasteiger charge is -2.37. The van der Waals surface area contributed by atoms with Gasteiger partial charge in [-0.1, -0.05) is 12.8 Å². The van der Waals surface area contributed by atoms with E-state index < -0.39 is 22.0 Å². The Morgan fingerprint density at radius 2 is 1.70 bits per heavy atom. The van der Waals surface area contributed by atoms with Gasteiger partial charge in [-0.2, -0.15) is 0 Å². The third-order valence-corrected chi connectivity index (χ3v) is 7.56. The topological polar surface area (TPSA) is 77.9 Å². The quantitative estimate of drug-likeness (QED) is 0.794. The Morgan fingerprint density at radius 3 is 2.22 bits per heavy atom. The van der Waals surface area contributed by atoms with Crippen molar-refractivity contribution >= 4 is 15.7 Å². The summed E-state index contributed by atoms with van der Waals surface area (Å²) in [6, 6.07) is 0.117. The molecule has 3 aliphatic rings. The lowest BCUT2D eigenvalue weighted by molar-refractivity contribution is -0.139. The highest BCUT2D eigenvalue weighted by Gasteiger charge is 2.42. The van der Waals surface area contributed by atoms with Gasteiger partial charge in [-0.25, -0.2) is 8.42 Å². The maximum Gasteiger partial charge on any atom is 0.225 e. The van der Waals surface area contributed by atoms with E-state index in [0.717, 1.165) is 25.9 Å². The molecule has 0 aromatic rings. The van der Waals surface area contributed by atoms with Crippen LogP contribution in [-0.2, 0) is 14.6 Å². The Kier molecular flexibility index (Phi) is 4.99. The number of carbonyl (C=O) groups excluding carboxylic acids is 1. The van der Waals surface area contributed by atoms with Crippen molar-refractivity contribution in [2.75, 3.05) is 31.6 Å². The third-order valence-electron chi connectivity index (χ3n) is 5.86. The Balaban J connectivity index is 1.54. The van der Waals surface area contributed by atoms with Gasteiger partial charge >= 0.3 is 0 Å². The van der Waals surface area contributed by atoms with Gasteiger partial charge in [0.25, 0.3) is 0 Å². The van der Waals surface area contributed by atoms with Crippen molar-refractivity contribution in [3.05, 3.63) is 0 Å². The summed E-state index contributed by atoms with van der Waals surface area (Å²) < 4.78 is 23.3. The molecule has 2 atom stereocenters. The van der Waals surface area contributed by atoms with Crippen LogP contribution in [0.5, 0.6) is 0 Å². The van der Waals surface area contributed by atoms with Gasteiger partial charge in [0.15, 0.2) is 9.84 Å². The van der Waals surface area contributed by atoms with Crippen LogP contribution in [-0.4, -0.2) is 79.1 Å². The number of nitrogens with zero attached hydrogens (tertiary/aromatic N) is 2. The predicted octanol–water partition coefficient (Wildman–Crippen LogP) is 0.257. The molecule has 1 saturated carbocycles. The number of hydrogen-bond acceptors (Lipinski definition) is 5. The first-order valence-corrected chi connectivity index (χ1v) is 10.6. The second-order valence-electron chi connectivity index (χ2n) is 7.41. The van der Waals surface area contributed by atoms with Crippen molar-refractivity contribution in [3.63, 3.8) is 0 Å². The number of aliphatic hydroxyl groups excluding tert-OH is 1. The molecule has 23 heavy (non-hydrogen) atoms. The summed E-state index contributed by atoms with van der Waals surface area (Å²) in [4.78, 5) is 16.7. The molecule has 2 aliphatic heterocycles. The average molecular weight is 344 g/mol. The number of amides is 1. The highest BCUT2D eigenvalue weighted by Crippen LogP contribution is 2.29. The zero-order chi connectivity index (χ0) is 16.6. The smallest absolute Gasteiger partial charge is 0.225 e. The first-order chi connectivity index (χ1) is 10.9. The molecular weight excluding hydrogens is 316 g/mol. The molecule has 0 bridgehead atoms. The minimum Gasteiger partial charge on any atom is -0.390 e. The molecule has 132 valence electrons. The lowest BCUT2D eigenvalue weighted by atomic mass is 9.93. The van der Waals surface area contributed by atoms with Crippen LogP contribution in [0, 0.1) is 5.92 Å². The van der Waals surface area contributed by atoms with E-state index in [1.165, 1.54) is 30.6 Å². The molecule has 1 aliphatic carbocycles. The maximum atomic E-state index is 12.7. The second-order valence-corrected chi connectivity index (χ2v) is 9.56. The fraction of sp³-hybridized carbons (Fsp3) is 0.938. The van der Waals surface area contributed by atoms with Crippen LogP contribution >= 0.6 is 0 Å². The van der Waals surface area contributed by atoms with Crippen LogP contribution in [0.1, 0.15) is 38.5 Å². The largest absolute Gasteiger partial charge is 0.390 e. The number of hydrogen-bond donors (Lipinski definition) is 1. The van der Waals surface area contributed by atoms with E-state index in [1.807, 2.05) is 0 Å². The molecule has 6 nitrogen and oxygen atoms in total. The SMILES string of the molecule is CN(C(=O)C1CCN(C2CCCC2)CC1)[C@@H]1CS(=O)(=O)C[C@H]1O. The molecule has 3 fully saturated rings. The normalized spacial score (nSPS) is 33.1. The van der Waals surface area contributed by atoms with Crippen molar-refractivity contribution in [2.24, 2.45) is 5.92 Å². The van der Waals surface area contributed by atoms with Crippen molar-refractivity contribution in [1.29, 1.82) is 0 Å². The monoisotopic (exact) mass is 344 g/mol. The van der Waals surface area contributed by atoms with Gasteiger partial charge in [0, 0.05) is 19.0 Å². The van der Waals surface area contributed by atoms with E-state index in [-0.39, 0.29) is 23.3 Å². The summed E-state index contributed by atoms with van der Waals surface area (Å²) in [5, 5.41) is 9.95. The first kappa shape index (κ1) is 17.2. The molecule has 1 N–H and O–H groups in total. The van der Waals surface area contributed by atoms with Crippen LogP contribution in [0.4, 0.5) is 0 Å². The molecule has 2 saturated heterocycles. The Labute approximate surface area is 138 Å². The summed E-state index contributed by atoms with van der Waals surface area (Å²) in [6.45, 7) is 1.92. The van der Waals surface area contributed by atoms with E-state index in [2.05, 4.69) is 4.90 Å². The molecular formula is C16H28N2O4S. The molecule has 2 heterocycles. The van der Waals surface area contributed by atoms with Crippen LogP contribution < -0.4 is 0 Å². The van der Waals surface area contributed by atoms with E-state index in [1.54, 1.807) is 7.05 Å². The van der Waals surface area contributed by atoms with Crippen LogP contribution in [0.25, 0.3) is 0 Å². The zero-order valence-electron chi connectivity index (χ0n) is 13.9. The number of likely N-dealkylation sites (N-methyl/N-ethyl adjacent to an activating group) is 1. The Bertz CT molecular complexity index is 536. The summed E-state index contributed by atoms with van der Waals surface area (Å²) >= 11 is 0. The maximum absolute atomic E-state index is 12.7. The standard InChI is InChI=1S/C16H28N2O4S/c1-17(14-10-23(21,22)11-15(14)19)16(20)12-6-8-18(9-7-12)13-4-2-3-5-13/h12-15,19H,2-11H2,1H3/t14-,15-/m1/s1. The van der Waals surface area contributed by atoms with E-state index >= 15 is 0 Å². The van der Waals surface area contributed by atoms with Gasteiger partial charge in [-0.05, 0) is 38.8 Å². The molecule has 0 aromatic heterocycles. The van der Waals surface area contributed by atoms with Gasteiger partial charge in [0.1, 0.15) is 0 Å². The minimum absolute atomic E-state index is 0.00257. The van der Waals surface area contributed by atoms with Gasteiger partial charge in [0.05, 0.1) is 23.7 Å². The van der Waals surface area contributed by atoms with Gasteiger partial charge in [-0.15, -0.1) is 0 Å². The number of piperidine rings is 1. The molecule has 3 rings (SSSR count). The first-order valence-electron chi connectivity index (χ1n) is 8.76. The average Bonchev–Trinajstić information content (AvgIpc) is 3.13.